The number of nitrogens with one attached hydrogen (secondary N) is 2. The lowest BCUT2D eigenvalue weighted by molar-refractivity contribution is -0.137. The smallest absolute Gasteiger partial charge is 0.303 e. The van der Waals surface area contributed by atoms with E-state index in [0.717, 1.165) is 25.7 Å². The summed E-state index contributed by atoms with van der Waals surface area (Å²) in [5, 5.41) is 14.6. The molecular formula is C18H23ClN2O4. The van der Waals surface area contributed by atoms with Crippen molar-refractivity contribution in [2.75, 3.05) is 5.32 Å². The van der Waals surface area contributed by atoms with Crippen molar-refractivity contribution in [3.63, 3.8) is 0 Å². The highest BCUT2D eigenvalue weighted by Gasteiger charge is 2.19. The molecule has 0 radical (unpaired) electrons. The van der Waals surface area contributed by atoms with E-state index in [9.17, 15) is 14.4 Å². The van der Waals surface area contributed by atoms with Crippen molar-refractivity contribution in [2.45, 2.75) is 57.4 Å². The molecule has 0 unspecified atom stereocenters. The minimum Gasteiger partial charge on any atom is -0.481 e. The molecule has 1 saturated carbocycles. The number of carbonyl (C=O) groups is 3. The summed E-state index contributed by atoms with van der Waals surface area (Å²) in [7, 11) is 0. The highest BCUT2D eigenvalue weighted by Crippen LogP contribution is 2.23. The standard InChI is InChI=1S/C18H23ClN2O4/c19-15-10-9-13(20-16(22)7-4-8-17(23)24)11-14(15)18(25)21-12-5-2-1-3-6-12/h9-12H,1-8H2,(H,20,22)(H,21,25)(H,23,24). The molecular weight excluding hydrogens is 344 g/mol. The van der Waals surface area contributed by atoms with Crippen LogP contribution in [-0.2, 0) is 9.59 Å². The molecule has 1 aliphatic carbocycles. The summed E-state index contributed by atoms with van der Waals surface area (Å²) in [6.07, 6.45) is 5.71. The number of carboxylic acid groups (broad SMARTS) is 1. The van der Waals surface area contributed by atoms with Gasteiger partial charge < -0.3 is 15.7 Å². The summed E-state index contributed by atoms with van der Waals surface area (Å²) in [5.41, 5.74) is 0.800. The molecule has 3 N–H and O–H groups in total. The number of aliphatic carboxylic acids is 1. The Balaban J connectivity index is 1.95. The number of carboxylic acids is 1. The first-order chi connectivity index (χ1) is 12.0. The number of halogens is 1. The first-order valence-corrected chi connectivity index (χ1v) is 8.95. The first kappa shape index (κ1) is 19.2. The zero-order chi connectivity index (χ0) is 18.2. The minimum absolute atomic E-state index is 0.0525. The van der Waals surface area contributed by atoms with Crippen molar-refractivity contribution in [1.82, 2.24) is 5.32 Å². The summed E-state index contributed by atoms with van der Waals surface area (Å²) < 4.78 is 0. The predicted octanol–water partition coefficient (Wildman–Crippen LogP) is 3.60. The van der Waals surface area contributed by atoms with Gasteiger partial charge in [0.2, 0.25) is 5.91 Å². The molecule has 1 aromatic rings. The number of anilines is 1. The molecule has 7 heteroatoms. The molecule has 2 rings (SSSR count). The second-order valence-electron chi connectivity index (χ2n) is 6.30. The van der Waals surface area contributed by atoms with Crippen LogP contribution in [0.25, 0.3) is 0 Å². The number of hydrogen-bond donors (Lipinski definition) is 3. The van der Waals surface area contributed by atoms with Gasteiger partial charge in [-0.2, -0.15) is 0 Å². The van der Waals surface area contributed by atoms with Crippen LogP contribution in [0.15, 0.2) is 18.2 Å². The molecule has 25 heavy (non-hydrogen) atoms. The quantitative estimate of drug-likeness (QED) is 0.687. The van der Waals surface area contributed by atoms with E-state index in [4.69, 9.17) is 16.7 Å². The largest absolute Gasteiger partial charge is 0.481 e. The van der Waals surface area contributed by atoms with E-state index >= 15 is 0 Å². The van der Waals surface area contributed by atoms with Crippen LogP contribution >= 0.6 is 11.6 Å². The summed E-state index contributed by atoms with van der Waals surface area (Å²) >= 11 is 6.12. The van der Waals surface area contributed by atoms with Crippen molar-refractivity contribution in [1.29, 1.82) is 0 Å². The molecule has 0 atom stereocenters. The second-order valence-corrected chi connectivity index (χ2v) is 6.71. The third-order valence-electron chi connectivity index (χ3n) is 4.23. The average Bonchev–Trinajstić information content (AvgIpc) is 2.57. The van der Waals surface area contributed by atoms with Crippen molar-refractivity contribution in [3.05, 3.63) is 28.8 Å². The summed E-state index contributed by atoms with van der Waals surface area (Å²) in [5.74, 6) is -1.46. The molecule has 136 valence electrons. The van der Waals surface area contributed by atoms with Crippen molar-refractivity contribution in [2.24, 2.45) is 0 Å². The first-order valence-electron chi connectivity index (χ1n) is 8.58. The van der Waals surface area contributed by atoms with E-state index in [0.29, 0.717) is 16.3 Å². The topological polar surface area (TPSA) is 95.5 Å². The van der Waals surface area contributed by atoms with E-state index in [1.807, 2.05) is 0 Å². The number of amides is 2. The van der Waals surface area contributed by atoms with Gasteiger partial charge in [0.05, 0.1) is 10.6 Å². The van der Waals surface area contributed by atoms with Crippen LogP contribution in [0.5, 0.6) is 0 Å². The molecule has 2 amide bonds. The fourth-order valence-electron chi connectivity index (χ4n) is 2.91. The van der Waals surface area contributed by atoms with Crippen LogP contribution in [-0.4, -0.2) is 28.9 Å². The van der Waals surface area contributed by atoms with E-state index in [2.05, 4.69) is 10.6 Å². The van der Waals surface area contributed by atoms with Crippen LogP contribution in [0.4, 0.5) is 5.69 Å². The van der Waals surface area contributed by atoms with Crippen molar-refractivity contribution in [3.8, 4) is 0 Å². The SMILES string of the molecule is O=C(O)CCCC(=O)Nc1ccc(Cl)c(C(=O)NC2CCCCC2)c1. The van der Waals surface area contributed by atoms with Gasteiger partial charge in [-0.15, -0.1) is 0 Å². The van der Waals surface area contributed by atoms with Crippen LogP contribution in [0.3, 0.4) is 0 Å². The monoisotopic (exact) mass is 366 g/mol. The summed E-state index contributed by atoms with van der Waals surface area (Å²) in [6.45, 7) is 0. The summed E-state index contributed by atoms with van der Waals surface area (Å²) in [6, 6.07) is 4.92. The van der Waals surface area contributed by atoms with Crippen LogP contribution in [0.1, 0.15) is 61.7 Å². The molecule has 0 spiro atoms. The normalized spacial score (nSPS) is 14.8. The van der Waals surface area contributed by atoms with Crippen LogP contribution < -0.4 is 10.6 Å². The Morgan fingerprint density at radius 2 is 1.84 bits per heavy atom. The Morgan fingerprint density at radius 3 is 2.52 bits per heavy atom. The molecule has 0 heterocycles. The van der Waals surface area contributed by atoms with Gasteiger partial charge in [0, 0.05) is 24.6 Å². The Morgan fingerprint density at radius 1 is 1.12 bits per heavy atom. The Bertz CT molecular complexity index is 642. The zero-order valence-electron chi connectivity index (χ0n) is 14.0. The number of hydrogen-bond acceptors (Lipinski definition) is 3. The summed E-state index contributed by atoms with van der Waals surface area (Å²) in [4.78, 5) is 34.8. The Hall–Kier alpha value is -2.08. The lowest BCUT2D eigenvalue weighted by Gasteiger charge is -2.23. The zero-order valence-corrected chi connectivity index (χ0v) is 14.8. The molecule has 6 nitrogen and oxygen atoms in total. The lowest BCUT2D eigenvalue weighted by Crippen LogP contribution is -2.36. The minimum atomic E-state index is -0.930. The third kappa shape index (κ3) is 6.38. The Labute approximate surface area is 151 Å². The van der Waals surface area contributed by atoms with E-state index in [1.165, 1.54) is 6.42 Å². The lowest BCUT2D eigenvalue weighted by atomic mass is 9.95. The van der Waals surface area contributed by atoms with Crippen molar-refractivity contribution >= 4 is 35.1 Å². The maximum atomic E-state index is 12.4. The van der Waals surface area contributed by atoms with Gasteiger partial charge in [0.1, 0.15) is 0 Å². The molecule has 1 fully saturated rings. The predicted molar refractivity (Wildman–Crippen MR) is 95.9 cm³/mol. The van der Waals surface area contributed by atoms with Crippen LogP contribution in [0.2, 0.25) is 5.02 Å². The van der Waals surface area contributed by atoms with Crippen molar-refractivity contribution < 1.29 is 19.5 Å². The van der Waals surface area contributed by atoms with E-state index < -0.39 is 5.97 Å². The highest BCUT2D eigenvalue weighted by atomic mass is 35.5. The fraction of sp³-hybridized carbons (Fsp3) is 0.500. The van der Waals surface area contributed by atoms with Gasteiger partial charge in [0.25, 0.3) is 5.91 Å². The average molecular weight is 367 g/mol. The molecule has 1 aromatic carbocycles. The molecule has 0 bridgehead atoms. The van der Waals surface area contributed by atoms with Gasteiger partial charge in [-0.3, -0.25) is 14.4 Å². The van der Waals surface area contributed by atoms with Gasteiger partial charge in [-0.1, -0.05) is 30.9 Å². The second kappa shape index (κ2) is 9.42. The molecule has 1 aliphatic rings. The van der Waals surface area contributed by atoms with E-state index in [-0.39, 0.29) is 37.1 Å². The van der Waals surface area contributed by atoms with Gasteiger partial charge in [-0.05, 0) is 37.5 Å². The number of carbonyl (C=O) groups excluding carboxylic acids is 2. The number of benzene rings is 1. The van der Waals surface area contributed by atoms with Gasteiger partial charge >= 0.3 is 5.97 Å². The highest BCUT2D eigenvalue weighted by molar-refractivity contribution is 6.34. The Kier molecular flexibility index (Phi) is 7.25. The number of rotatable bonds is 7. The van der Waals surface area contributed by atoms with Gasteiger partial charge in [0.15, 0.2) is 0 Å². The van der Waals surface area contributed by atoms with Gasteiger partial charge in [-0.25, -0.2) is 0 Å². The maximum Gasteiger partial charge on any atom is 0.303 e. The molecule has 0 aliphatic heterocycles. The molecule has 0 saturated heterocycles. The van der Waals surface area contributed by atoms with E-state index in [1.54, 1.807) is 18.2 Å². The fourth-order valence-corrected chi connectivity index (χ4v) is 3.11. The van der Waals surface area contributed by atoms with Crippen LogP contribution in [0, 0.1) is 0 Å². The molecule has 0 aromatic heterocycles. The maximum absolute atomic E-state index is 12.4. The third-order valence-corrected chi connectivity index (χ3v) is 4.56.